The highest BCUT2D eigenvalue weighted by Gasteiger charge is 2.11. The van der Waals surface area contributed by atoms with Crippen LogP contribution in [0.2, 0.25) is 0 Å². The number of aromatic nitrogens is 1. The van der Waals surface area contributed by atoms with Gasteiger partial charge in [-0.05, 0) is 20.6 Å². The first-order valence-electron chi connectivity index (χ1n) is 4.51. The Hall–Kier alpha value is -1.14. The van der Waals surface area contributed by atoms with E-state index in [1.54, 1.807) is 5.38 Å². The van der Waals surface area contributed by atoms with Gasteiger partial charge in [0.25, 0.3) is 0 Å². The van der Waals surface area contributed by atoms with Crippen molar-refractivity contribution in [2.24, 2.45) is 4.40 Å². The Morgan fingerprint density at radius 1 is 1.69 bits per heavy atom. The molecular weight excluding hydrogens is 244 g/mol. The fraction of sp³-hybridized carbons (Fsp3) is 0.300. The van der Waals surface area contributed by atoms with E-state index in [-0.39, 0.29) is 6.42 Å². The van der Waals surface area contributed by atoms with Gasteiger partial charge in [-0.15, -0.1) is 11.3 Å². The Bertz CT molecular complexity index is 434. The molecule has 0 spiro atoms. The number of carboxylic acids is 1. The number of thiazole rings is 1. The lowest BCUT2D eigenvalue weighted by atomic mass is 10.3. The van der Waals surface area contributed by atoms with Crippen molar-refractivity contribution >= 4 is 40.9 Å². The van der Waals surface area contributed by atoms with Gasteiger partial charge in [0.05, 0.1) is 17.0 Å². The molecule has 1 heterocycles. The summed E-state index contributed by atoms with van der Waals surface area (Å²) in [6.45, 7) is 7.35. The topological polar surface area (TPSA) is 62.5 Å². The van der Waals surface area contributed by atoms with Crippen molar-refractivity contribution in [3.63, 3.8) is 0 Å². The Labute approximate surface area is 102 Å². The highest BCUT2D eigenvalue weighted by molar-refractivity contribution is 8.07. The molecule has 1 aromatic heterocycles. The van der Waals surface area contributed by atoms with Crippen molar-refractivity contribution in [1.82, 2.24) is 4.98 Å². The maximum atomic E-state index is 10.5. The van der Waals surface area contributed by atoms with E-state index >= 15 is 0 Å². The summed E-state index contributed by atoms with van der Waals surface area (Å²) in [5.41, 5.74) is 1.67. The van der Waals surface area contributed by atoms with Crippen LogP contribution in [-0.4, -0.2) is 22.8 Å². The summed E-state index contributed by atoms with van der Waals surface area (Å²) in [6, 6.07) is 0. The zero-order chi connectivity index (χ0) is 12.1. The lowest BCUT2D eigenvalue weighted by Crippen LogP contribution is -2.00. The first-order valence-corrected chi connectivity index (χ1v) is 6.17. The minimum Gasteiger partial charge on any atom is -0.481 e. The molecule has 1 N–H and O–H groups in total. The molecule has 0 atom stereocenters. The average Bonchev–Trinajstić information content (AvgIpc) is 2.60. The monoisotopic (exact) mass is 256 g/mol. The number of rotatable bonds is 5. The van der Waals surface area contributed by atoms with Crippen LogP contribution in [0.1, 0.15) is 24.5 Å². The zero-order valence-corrected chi connectivity index (χ0v) is 10.7. The van der Waals surface area contributed by atoms with Crippen LogP contribution < -0.4 is 0 Å². The molecule has 0 fully saturated rings. The van der Waals surface area contributed by atoms with Gasteiger partial charge in [-0.2, -0.15) is 0 Å². The van der Waals surface area contributed by atoms with Crippen LogP contribution in [0.5, 0.6) is 0 Å². The molecule has 0 radical (unpaired) electrons. The van der Waals surface area contributed by atoms with Crippen molar-refractivity contribution < 1.29 is 9.90 Å². The molecule has 86 valence electrons. The minimum absolute atomic E-state index is 0.0429. The van der Waals surface area contributed by atoms with E-state index < -0.39 is 5.97 Å². The number of nitrogens with zero attached hydrogens (tertiary/aromatic N) is 2. The average molecular weight is 256 g/mol. The molecular formula is C10H12N2O2S2. The van der Waals surface area contributed by atoms with Crippen LogP contribution in [0, 0.1) is 0 Å². The van der Waals surface area contributed by atoms with Crippen molar-refractivity contribution in [2.75, 3.05) is 0 Å². The maximum absolute atomic E-state index is 10.5. The van der Waals surface area contributed by atoms with Crippen molar-refractivity contribution in [3.05, 3.63) is 21.7 Å². The Kier molecular flexibility index (Phi) is 4.70. The second kappa shape index (κ2) is 5.81. The minimum atomic E-state index is -0.870. The largest absolute Gasteiger partial charge is 0.481 e. The third kappa shape index (κ3) is 3.46. The summed E-state index contributed by atoms with van der Waals surface area (Å²) in [4.78, 5) is 15.7. The normalized spacial score (nSPS) is 9.88. The third-order valence-corrected chi connectivity index (χ3v) is 3.64. The number of carbonyl (C=O) groups is 1. The number of carboxylic acid groups (broad SMARTS) is 1. The molecule has 0 saturated carbocycles. The molecule has 0 amide bonds. The molecule has 0 bridgehead atoms. The van der Waals surface area contributed by atoms with E-state index in [4.69, 9.17) is 5.11 Å². The summed E-state index contributed by atoms with van der Waals surface area (Å²) in [7, 11) is 0. The molecule has 4 nitrogen and oxygen atoms in total. The number of allylic oxidation sites excluding steroid dienone is 1. The van der Waals surface area contributed by atoms with Gasteiger partial charge in [0.15, 0.2) is 0 Å². The van der Waals surface area contributed by atoms with Gasteiger partial charge < -0.3 is 5.11 Å². The molecule has 16 heavy (non-hydrogen) atoms. The highest BCUT2D eigenvalue weighted by Crippen LogP contribution is 2.33. The molecule has 0 aliphatic rings. The summed E-state index contributed by atoms with van der Waals surface area (Å²) in [6.07, 6.45) is -0.0429. The highest BCUT2D eigenvalue weighted by atomic mass is 32.2. The second-order valence-corrected chi connectivity index (χ2v) is 4.97. The van der Waals surface area contributed by atoms with Crippen LogP contribution in [0.4, 0.5) is 0 Å². The molecule has 1 rings (SSSR count). The quantitative estimate of drug-likeness (QED) is 0.650. The summed E-state index contributed by atoms with van der Waals surface area (Å²) >= 11 is 2.69. The molecule has 0 saturated heterocycles. The van der Waals surface area contributed by atoms with Gasteiger partial charge in [-0.25, -0.2) is 9.38 Å². The SMILES string of the molecule is C=NSC(=C(C)C)c1nc(CC(=O)O)cs1. The second-order valence-electron chi connectivity index (χ2n) is 3.26. The maximum Gasteiger partial charge on any atom is 0.309 e. The lowest BCUT2D eigenvalue weighted by Gasteiger charge is -2.00. The van der Waals surface area contributed by atoms with Crippen molar-refractivity contribution in [1.29, 1.82) is 0 Å². The van der Waals surface area contributed by atoms with Gasteiger partial charge in [0.2, 0.25) is 0 Å². The van der Waals surface area contributed by atoms with E-state index in [9.17, 15) is 4.79 Å². The summed E-state index contributed by atoms with van der Waals surface area (Å²) in [5, 5.41) is 11.2. The standard InChI is InChI=1S/C10H12N2O2S2/c1-6(2)9(16-11-3)10-12-7(5-15-10)4-8(13)14/h5H,3-4H2,1-2H3,(H,13,14). The first kappa shape index (κ1) is 12.9. The summed E-state index contributed by atoms with van der Waals surface area (Å²) in [5.74, 6) is -0.870. The molecule has 6 heteroatoms. The lowest BCUT2D eigenvalue weighted by molar-refractivity contribution is -0.136. The van der Waals surface area contributed by atoms with E-state index in [1.165, 1.54) is 23.3 Å². The van der Waals surface area contributed by atoms with Crippen LogP contribution in [0.25, 0.3) is 4.91 Å². The van der Waals surface area contributed by atoms with Gasteiger partial charge >= 0.3 is 5.97 Å². The van der Waals surface area contributed by atoms with Gasteiger partial charge in [-0.1, -0.05) is 5.57 Å². The molecule has 0 unspecified atom stereocenters. The van der Waals surface area contributed by atoms with Crippen molar-refractivity contribution in [2.45, 2.75) is 20.3 Å². The predicted octanol–water partition coefficient (Wildman–Crippen LogP) is 2.87. The van der Waals surface area contributed by atoms with Gasteiger partial charge in [0, 0.05) is 17.3 Å². The molecule has 0 aliphatic carbocycles. The van der Waals surface area contributed by atoms with Crippen LogP contribution >= 0.6 is 23.3 Å². The van der Waals surface area contributed by atoms with Gasteiger partial charge in [0.1, 0.15) is 5.01 Å². The van der Waals surface area contributed by atoms with Gasteiger partial charge in [-0.3, -0.25) is 4.79 Å². The first-order chi connectivity index (χ1) is 7.54. The molecule has 0 aromatic carbocycles. The van der Waals surface area contributed by atoms with Crippen LogP contribution in [0.15, 0.2) is 15.4 Å². The number of hydrogen-bond acceptors (Lipinski definition) is 5. The van der Waals surface area contributed by atoms with E-state index in [2.05, 4.69) is 16.1 Å². The Balaban J connectivity index is 2.95. The Morgan fingerprint density at radius 2 is 2.38 bits per heavy atom. The zero-order valence-electron chi connectivity index (χ0n) is 9.06. The fourth-order valence-electron chi connectivity index (χ4n) is 1.06. The number of aliphatic carboxylic acids is 1. The third-order valence-electron chi connectivity index (χ3n) is 1.69. The number of hydrogen-bond donors (Lipinski definition) is 1. The smallest absolute Gasteiger partial charge is 0.309 e. The van der Waals surface area contributed by atoms with Crippen LogP contribution in [-0.2, 0) is 11.2 Å². The molecule has 0 aliphatic heterocycles. The Morgan fingerprint density at radius 3 is 2.88 bits per heavy atom. The fourth-order valence-corrected chi connectivity index (χ4v) is 2.61. The van der Waals surface area contributed by atoms with E-state index in [1.807, 2.05) is 13.8 Å². The molecule has 1 aromatic rings. The van der Waals surface area contributed by atoms with Crippen LogP contribution in [0.3, 0.4) is 0 Å². The van der Waals surface area contributed by atoms with E-state index in [0.29, 0.717) is 5.69 Å². The predicted molar refractivity (Wildman–Crippen MR) is 68.9 cm³/mol. The van der Waals surface area contributed by atoms with E-state index in [0.717, 1.165) is 15.5 Å². The summed E-state index contributed by atoms with van der Waals surface area (Å²) < 4.78 is 3.76. The van der Waals surface area contributed by atoms with Crippen molar-refractivity contribution in [3.8, 4) is 0 Å².